The molecule has 5 heteroatoms. The third kappa shape index (κ3) is 2.59. The minimum Gasteiger partial charge on any atom is -0.489 e. The Labute approximate surface area is 149 Å². The molecule has 0 saturated heterocycles. The topological polar surface area (TPSA) is 66.6 Å². The molecule has 0 unspecified atom stereocenters. The Morgan fingerprint density at radius 2 is 1.69 bits per heavy atom. The van der Waals surface area contributed by atoms with Gasteiger partial charge in [-0.15, -0.1) is 0 Å². The smallest absolute Gasteiger partial charge is 0.159 e. The van der Waals surface area contributed by atoms with Crippen LogP contribution in [0.15, 0.2) is 72.8 Å². The zero-order valence-electron chi connectivity index (χ0n) is 13.9. The molecule has 2 heterocycles. The summed E-state index contributed by atoms with van der Waals surface area (Å²) in [6.45, 7) is 0.535. The number of imidazole rings is 1. The molecule has 0 fully saturated rings. The van der Waals surface area contributed by atoms with Crippen LogP contribution < -0.4 is 4.74 Å². The average Bonchev–Trinajstić information content (AvgIpc) is 3.30. The fourth-order valence-electron chi connectivity index (χ4n) is 3.07. The van der Waals surface area contributed by atoms with E-state index >= 15 is 0 Å². The molecule has 5 nitrogen and oxygen atoms in total. The molecule has 3 aromatic carbocycles. The van der Waals surface area contributed by atoms with E-state index in [9.17, 15) is 0 Å². The van der Waals surface area contributed by atoms with Crippen LogP contribution in [-0.2, 0) is 6.61 Å². The standard InChI is InChI=1S/C21H16N4O/c1-2-6-14(7-3-1)13-26-15-10-11-18-19(12-15)23-21(22-18)20-16-8-4-5-9-17(16)24-25-20/h1-12H,13H2,(H,22,23)(H,24,25). The Kier molecular flexibility index (Phi) is 3.42. The van der Waals surface area contributed by atoms with Gasteiger partial charge in [0, 0.05) is 11.5 Å². The van der Waals surface area contributed by atoms with E-state index in [1.54, 1.807) is 0 Å². The van der Waals surface area contributed by atoms with E-state index in [1.165, 1.54) is 0 Å². The molecule has 0 amide bonds. The van der Waals surface area contributed by atoms with Gasteiger partial charge in [0.2, 0.25) is 0 Å². The van der Waals surface area contributed by atoms with E-state index in [0.717, 1.165) is 44.8 Å². The van der Waals surface area contributed by atoms with Gasteiger partial charge in [-0.25, -0.2) is 4.98 Å². The number of aromatic amines is 2. The Hall–Kier alpha value is -3.60. The third-order valence-corrected chi connectivity index (χ3v) is 4.40. The summed E-state index contributed by atoms with van der Waals surface area (Å²) in [5, 5.41) is 8.50. The van der Waals surface area contributed by atoms with Gasteiger partial charge >= 0.3 is 0 Å². The zero-order chi connectivity index (χ0) is 17.3. The predicted octanol–water partition coefficient (Wildman–Crippen LogP) is 4.69. The van der Waals surface area contributed by atoms with Crippen LogP contribution in [0.2, 0.25) is 0 Å². The number of hydrogen-bond acceptors (Lipinski definition) is 3. The number of H-pyrrole nitrogens is 2. The highest BCUT2D eigenvalue weighted by Gasteiger charge is 2.12. The predicted molar refractivity (Wildman–Crippen MR) is 102 cm³/mol. The van der Waals surface area contributed by atoms with Crippen molar-refractivity contribution in [1.82, 2.24) is 20.2 Å². The maximum atomic E-state index is 5.89. The fraction of sp³-hybridized carbons (Fsp3) is 0.0476. The second-order valence-corrected chi connectivity index (χ2v) is 6.16. The summed E-state index contributed by atoms with van der Waals surface area (Å²) in [6, 6.07) is 24.0. The minimum absolute atomic E-state index is 0.535. The van der Waals surface area contributed by atoms with Crippen molar-refractivity contribution in [2.75, 3.05) is 0 Å². The van der Waals surface area contributed by atoms with Crippen LogP contribution in [0.1, 0.15) is 5.56 Å². The maximum Gasteiger partial charge on any atom is 0.159 e. The molecule has 2 N–H and O–H groups in total. The maximum absolute atomic E-state index is 5.89. The van der Waals surface area contributed by atoms with Gasteiger partial charge in [-0.1, -0.05) is 48.5 Å². The Morgan fingerprint density at radius 1 is 0.846 bits per heavy atom. The van der Waals surface area contributed by atoms with Gasteiger partial charge in [0.15, 0.2) is 5.82 Å². The van der Waals surface area contributed by atoms with E-state index in [2.05, 4.69) is 15.2 Å². The number of para-hydroxylation sites is 1. The largest absolute Gasteiger partial charge is 0.489 e. The first kappa shape index (κ1) is 14.7. The van der Waals surface area contributed by atoms with Crippen molar-refractivity contribution in [1.29, 1.82) is 0 Å². The van der Waals surface area contributed by atoms with E-state index in [4.69, 9.17) is 9.72 Å². The molecule has 0 aliphatic carbocycles. The Morgan fingerprint density at radius 3 is 2.62 bits per heavy atom. The summed E-state index contributed by atoms with van der Waals surface area (Å²) in [6.07, 6.45) is 0. The quantitative estimate of drug-likeness (QED) is 0.499. The first-order valence-corrected chi connectivity index (χ1v) is 8.47. The van der Waals surface area contributed by atoms with Gasteiger partial charge < -0.3 is 9.72 Å². The minimum atomic E-state index is 0.535. The molecule has 2 aromatic heterocycles. The first-order valence-electron chi connectivity index (χ1n) is 8.47. The van der Waals surface area contributed by atoms with Crippen LogP contribution in [0, 0.1) is 0 Å². The lowest BCUT2D eigenvalue weighted by Gasteiger charge is -2.05. The fourth-order valence-corrected chi connectivity index (χ4v) is 3.07. The van der Waals surface area contributed by atoms with Crippen molar-refractivity contribution < 1.29 is 4.74 Å². The number of aromatic nitrogens is 4. The van der Waals surface area contributed by atoms with E-state index in [-0.39, 0.29) is 0 Å². The molecule has 0 saturated carbocycles. The van der Waals surface area contributed by atoms with Gasteiger partial charge in [-0.3, -0.25) is 5.10 Å². The Balaban J connectivity index is 1.46. The van der Waals surface area contributed by atoms with Crippen molar-refractivity contribution in [3.05, 3.63) is 78.4 Å². The molecule has 5 rings (SSSR count). The van der Waals surface area contributed by atoms with Crippen LogP contribution in [0.4, 0.5) is 0 Å². The van der Waals surface area contributed by atoms with Crippen molar-refractivity contribution in [2.45, 2.75) is 6.61 Å². The van der Waals surface area contributed by atoms with Gasteiger partial charge in [0.25, 0.3) is 0 Å². The second-order valence-electron chi connectivity index (χ2n) is 6.16. The summed E-state index contributed by atoms with van der Waals surface area (Å²) in [5.41, 5.74) is 4.77. The van der Waals surface area contributed by atoms with E-state index < -0.39 is 0 Å². The van der Waals surface area contributed by atoms with Gasteiger partial charge in [-0.05, 0) is 23.8 Å². The average molecular weight is 340 g/mol. The monoisotopic (exact) mass is 340 g/mol. The van der Waals surface area contributed by atoms with E-state index in [0.29, 0.717) is 6.61 Å². The van der Waals surface area contributed by atoms with Crippen molar-refractivity contribution in [3.63, 3.8) is 0 Å². The molecule has 5 aromatic rings. The number of ether oxygens (including phenoxy) is 1. The summed E-state index contributed by atoms with van der Waals surface area (Å²) < 4.78 is 5.89. The molecule has 0 bridgehead atoms. The number of nitrogens with zero attached hydrogens (tertiary/aromatic N) is 2. The lowest BCUT2D eigenvalue weighted by atomic mass is 10.2. The molecule has 26 heavy (non-hydrogen) atoms. The van der Waals surface area contributed by atoms with Gasteiger partial charge in [0.1, 0.15) is 18.1 Å². The number of hydrogen-bond donors (Lipinski definition) is 2. The first-order chi connectivity index (χ1) is 12.9. The van der Waals surface area contributed by atoms with Crippen LogP contribution >= 0.6 is 0 Å². The molecule has 0 spiro atoms. The SMILES string of the molecule is c1ccc(COc2ccc3[nH]c(-c4n[nH]c5ccccc45)nc3c2)cc1. The summed E-state index contributed by atoms with van der Waals surface area (Å²) in [7, 11) is 0. The highest BCUT2D eigenvalue weighted by Crippen LogP contribution is 2.27. The van der Waals surface area contributed by atoms with Crippen LogP contribution in [0.5, 0.6) is 5.75 Å². The number of rotatable bonds is 4. The van der Waals surface area contributed by atoms with Crippen LogP contribution in [-0.4, -0.2) is 20.2 Å². The van der Waals surface area contributed by atoms with Gasteiger partial charge in [-0.2, -0.15) is 5.10 Å². The summed E-state index contributed by atoms with van der Waals surface area (Å²) in [5.74, 6) is 1.55. The number of benzene rings is 3. The third-order valence-electron chi connectivity index (χ3n) is 4.40. The summed E-state index contributed by atoms with van der Waals surface area (Å²) in [4.78, 5) is 8.04. The normalized spacial score (nSPS) is 11.2. The second kappa shape index (κ2) is 6.04. The lowest BCUT2D eigenvalue weighted by Crippen LogP contribution is -1.94. The van der Waals surface area contributed by atoms with Crippen molar-refractivity contribution in [3.8, 4) is 17.3 Å². The Bertz CT molecular complexity index is 1190. The zero-order valence-corrected chi connectivity index (χ0v) is 13.9. The molecule has 0 aliphatic rings. The molecule has 0 atom stereocenters. The highest BCUT2D eigenvalue weighted by molar-refractivity contribution is 5.93. The molecule has 126 valence electrons. The number of fused-ring (bicyclic) bond motifs is 2. The lowest BCUT2D eigenvalue weighted by molar-refractivity contribution is 0.306. The summed E-state index contributed by atoms with van der Waals surface area (Å²) >= 11 is 0. The van der Waals surface area contributed by atoms with Crippen molar-refractivity contribution in [2.24, 2.45) is 0 Å². The van der Waals surface area contributed by atoms with Crippen LogP contribution in [0.25, 0.3) is 33.5 Å². The van der Waals surface area contributed by atoms with Gasteiger partial charge in [0.05, 0.1) is 16.6 Å². The molecular weight excluding hydrogens is 324 g/mol. The van der Waals surface area contributed by atoms with E-state index in [1.807, 2.05) is 72.8 Å². The van der Waals surface area contributed by atoms with Crippen molar-refractivity contribution >= 4 is 21.9 Å². The van der Waals surface area contributed by atoms with Crippen LogP contribution in [0.3, 0.4) is 0 Å². The molecule has 0 aliphatic heterocycles. The highest BCUT2D eigenvalue weighted by atomic mass is 16.5. The molecular formula is C21H16N4O. The molecule has 0 radical (unpaired) electrons. The number of nitrogens with one attached hydrogen (secondary N) is 2.